The lowest BCUT2D eigenvalue weighted by molar-refractivity contribution is -0.124. The molecule has 0 radical (unpaired) electrons. The van der Waals surface area contributed by atoms with Gasteiger partial charge in [-0.05, 0) is 57.5 Å². The van der Waals surface area contributed by atoms with Crippen molar-refractivity contribution in [3.8, 4) is 0 Å². The minimum Gasteiger partial charge on any atom is -0.353 e. The van der Waals surface area contributed by atoms with Crippen LogP contribution >= 0.6 is 0 Å². The summed E-state index contributed by atoms with van der Waals surface area (Å²) < 4.78 is 0. The lowest BCUT2D eigenvalue weighted by Gasteiger charge is -2.40. The van der Waals surface area contributed by atoms with Gasteiger partial charge in [-0.2, -0.15) is 0 Å². The molecular weight excluding hydrogens is 262 g/mol. The van der Waals surface area contributed by atoms with E-state index < -0.39 is 0 Å². The first-order valence-corrected chi connectivity index (χ1v) is 9.05. The van der Waals surface area contributed by atoms with E-state index in [1.807, 2.05) is 0 Å². The van der Waals surface area contributed by atoms with Crippen LogP contribution in [-0.2, 0) is 4.79 Å². The van der Waals surface area contributed by atoms with Crippen LogP contribution < -0.4 is 10.6 Å². The Balaban J connectivity index is 1.45. The number of likely N-dealkylation sites (N-methyl/N-ethyl adjacent to an activating group) is 1. The lowest BCUT2D eigenvalue weighted by Crippen LogP contribution is -2.56. The Kier molecular flexibility index (Phi) is 5.17. The van der Waals surface area contributed by atoms with Crippen molar-refractivity contribution in [2.75, 3.05) is 19.6 Å². The van der Waals surface area contributed by atoms with Gasteiger partial charge in [-0.25, -0.2) is 0 Å². The molecule has 2 saturated heterocycles. The smallest absolute Gasteiger partial charge is 0.237 e. The molecule has 21 heavy (non-hydrogen) atoms. The summed E-state index contributed by atoms with van der Waals surface area (Å²) in [5.41, 5.74) is 0. The van der Waals surface area contributed by atoms with Gasteiger partial charge in [-0.3, -0.25) is 9.69 Å². The summed E-state index contributed by atoms with van der Waals surface area (Å²) in [4.78, 5) is 14.9. The van der Waals surface area contributed by atoms with Crippen LogP contribution in [0.15, 0.2) is 0 Å². The molecule has 0 aromatic carbocycles. The minimum atomic E-state index is 0.0563. The average molecular weight is 293 g/mol. The molecule has 1 amide bonds. The minimum absolute atomic E-state index is 0.0563. The van der Waals surface area contributed by atoms with Gasteiger partial charge in [-0.15, -0.1) is 0 Å². The maximum absolute atomic E-state index is 12.4. The highest BCUT2D eigenvalue weighted by atomic mass is 16.2. The molecule has 4 unspecified atom stereocenters. The van der Waals surface area contributed by atoms with Crippen molar-refractivity contribution in [1.29, 1.82) is 0 Å². The molecule has 4 heteroatoms. The van der Waals surface area contributed by atoms with Crippen molar-refractivity contribution in [2.45, 2.75) is 76.4 Å². The van der Waals surface area contributed by atoms with Crippen molar-refractivity contribution < 1.29 is 4.79 Å². The molecule has 0 bridgehead atoms. The van der Waals surface area contributed by atoms with Gasteiger partial charge in [0.05, 0.1) is 6.04 Å². The van der Waals surface area contributed by atoms with E-state index in [1.165, 1.54) is 51.5 Å². The Morgan fingerprint density at radius 1 is 1.14 bits per heavy atom. The molecule has 4 atom stereocenters. The molecule has 1 aliphatic carbocycles. The molecule has 2 heterocycles. The summed E-state index contributed by atoms with van der Waals surface area (Å²) in [6, 6.07) is 1.22. The first-order chi connectivity index (χ1) is 10.3. The quantitative estimate of drug-likeness (QED) is 0.832. The topological polar surface area (TPSA) is 44.4 Å². The molecule has 120 valence electrons. The van der Waals surface area contributed by atoms with Gasteiger partial charge in [0.1, 0.15) is 0 Å². The van der Waals surface area contributed by atoms with E-state index in [0.717, 1.165) is 25.4 Å². The van der Waals surface area contributed by atoms with Crippen LogP contribution in [0, 0.1) is 5.92 Å². The first kappa shape index (κ1) is 15.3. The molecule has 2 aliphatic heterocycles. The third kappa shape index (κ3) is 3.59. The number of rotatable bonds is 4. The molecule has 2 N–H and O–H groups in total. The maximum atomic E-state index is 12.4. The highest BCUT2D eigenvalue weighted by Gasteiger charge is 2.34. The Morgan fingerprint density at radius 2 is 2.00 bits per heavy atom. The van der Waals surface area contributed by atoms with Crippen LogP contribution in [0.1, 0.15) is 58.3 Å². The second-order valence-corrected chi connectivity index (χ2v) is 7.12. The number of amides is 1. The molecular formula is C17H31N3O. The van der Waals surface area contributed by atoms with Gasteiger partial charge in [0, 0.05) is 18.6 Å². The molecule has 4 nitrogen and oxygen atoms in total. The van der Waals surface area contributed by atoms with Gasteiger partial charge >= 0.3 is 0 Å². The van der Waals surface area contributed by atoms with E-state index >= 15 is 0 Å². The fraction of sp³-hybridized carbons (Fsp3) is 0.941. The summed E-state index contributed by atoms with van der Waals surface area (Å²) in [7, 11) is 0. The Bertz CT molecular complexity index is 360. The third-order valence-corrected chi connectivity index (χ3v) is 5.88. The van der Waals surface area contributed by atoms with Crippen molar-refractivity contribution >= 4 is 5.91 Å². The van der Waals surface area contributed by atoms with E-state index in [0.29, 0.717) is 12.1 Å². The largest absolute Gasteiger partial charge is 0.353 e. The summed E-state index contributed by atoms with van der Waals surface area (Å²) in [5, 5.41) is 6.84. The van der Waals surface area contributed by atoms with Crippen LogP contribution in [0.4, 0.5) is 0 Å². The fourth-order valence-corrected chi connectivity index (χ4v) is 4.59. The average Bonchev–Trinajstić information content (AvgIpc) is 2.99. The second kappa shape index (κ2) is 7.10. The van der Waals surface area contributed by atoms with Crippen LogP contribution in [0.25, 0.3) is 0 Å². The number of nitrogens with zero attached hydrogens (tertiary/aromatic N) is 1. The predicted octanol–water partition coefficient (Wildman–Crippen LogP) is 1.90. The Labute approximate surface area is 129 Å². The number of hydrogen-bond donors (Lipinski definition) is 2. The summed E-state index contributed by atoms with van der Waals surface area (Å²) in [6.07, 6.45) is 10.1. The van der Waals surface area contributed by atoms with E-state index in [1.54, 1.807) is 0 Å². The zero-order valence-electron chi connectivity index (χ0n) is 13.4. The number of nitrogens with one attached hydrogen (secondary N) is 2. The normalized spacial score (nSPS) is 37.2. The van der Waals surface area contributed by atoms with E-state index in [9.17, 15) is 4.79 Å². The molecule has 1 saturated carbocycles. The van der Waals surface area contributed by atoms with E-state index in [4.69, 9.17) is 0 Å². The molecule has 3 rings (SSSR count). The number of piperidine rings is 1. The van der Waals surface area contributed by atoms with E-state index in [2.05, 4.69) is 22.5 Å². The Morgan fingerprint density at radius 3 is 2.86 bits per heavy atom. The molecule has 0 spiro atoms. The summed E-state index contributed by atoms with van der Waals surface area (Å²) >= 11 is 0. The molecule has 0 aromatic heterocycles. The second-order valence-electron chi connectivity index (χ2n) is 7.12. The standard InChI is InChI=1S/C17H31N3O/c1-2-20-11-5-7-14(20)12-18-17(21)16-10-9-13-6-3-4-8-15(13)19-16/h13-16,19H,2-12H2,1H3,(H,18,21). The van der Waals surface area contributed by atoms with Crippen LogP contribution in [0.3, 0.4) is 0 Å². The van der Waals surface area contributed by atoms with Crippen LogP contribution in [0.5, 0.6) is 0 Å². The van der Waals surface area contributed by atoms with Gasteiger partial charge in [-0.1, -0.05) is 19.8 Å². The first-order valence-electron chi connectivity index (χ1n) is 9.05. The monoisotopic (exact) mass is 293 g/mol. The van der Waals surface area contributed by atoms with Crippen molar-refractivity contribution in [3.63, 3.8) is 0 Å². The lowest BCUT2D eigenvalue weighted by atomic mass is 9.77. The zero-order valence-corrected chi connectivity index (χ0v) is 13.4. The highest BCUT2D eigenvalue weighted by Crippen LogP contribution is 2.32. The summed E-state index contributed by atoms with van der Waals surface area (Å²) in [5.74, 6) is 1.06. The van der Waals surface area contributed by atoms with Gasteiger partial charge in [0.2, 0.25) is 5.91 Å². The highest BCUT2D eigenvalue weighted by molar-refractivity contribution is 5.81. The third-order valence-electron chi connectivity index (χ3n) is 5.88. The molecule has 3 fully saturated rings. The molecule has 3 aliphatic rings. The number of likely N-dealkylation sites (tertiary alicyclic amines) is 1. The zero-order chi connectivity index (χ0) is 14.7. The number of hydrogen-bond acceptors (Lipinski definition) is 3. The maximum Gasteiger partial charge on any atom is 0.237 e. The molecule has 0 aromatic rings. The van der Waals surface area contributed by atoms with Crippen molar-refractivity contribution in [2.24, 2.45) is 5.92 Å². The fourth-order valence-electron chi connectivity index (χ4n) is 4.59. The van der Waals surface area contributed by atoms with Gasteiger partial charge < -0.3 is 10.6 Å². The van der Waals surface area contributed by atoms with Gasteiger partial charge in [0.25, 0.3) is 0 Å². The van der Waals surface area contributed by atoms with Crippen LogP contribution in [0.2, 0.25) is 0 Å². The SMILES string of the molecule is CCN1CCCC1CNC(=O)C1CCC2CCCCC2N1. The number of carbonyl (C=O) groups is 1. The van der Waals surface area contributed by atoms with Crippen LogP contribution in [-0.4, -0.2) is 48.6 Å². The van der Waals surface area contributed by atoms with Gasteiger partial charge in [0.15, 0.2) is 0 Å². The van der Waals surface area contributed by atoms with Crippen molar-refractivity contribution in [1.82, 2.24) is 15.5 Å². The number of carbonyl (C=O) groups excluding carboxylic acids is 1. The summed E-state index contributed by atoms with van der Waals surface area (Å²) in [6.45, 7) is 5.35. The van der Waals surface area contributed by atoms with E-state index in [-0.39, 0.29) is 11.9 Å². The number of fused-ring (bicyclic) bond motifs is 1. The predicted molar refractivity (Wildman–Crippen MR) is 85.2 cm³/mol. The Hall–Kier alpha value is -0.610. The van der Waals surface area contributed by atoms with Crippen molar-refractivity contribution in [3.05, 3.63) is 0 Å².